The van der Waals surface area contributed by atoms with Gasteiger partial charge in [0.15, 0.2) is 0 Å². The number of sulfonamides is 1. The zero-order valence-corrected chi connectivity index (χ0v) is 23.0. The van der Waals surface area contributed by atoms with Crippen LogP contribution in [0.15, 0.2) is 42.5 Å². The molecule has 35 heavy (non-hydrogen) atoms. The Kier molecular flexibility index (Phi) is 10.4. The van der Waals surface area contributed by atoms with Crippen LogP contribution in [-0.2, 0) is 26.2 Å². The Hall–Kier alpha value is -2.29. The number of hydrogen-bond donors (Lipinski definition) is 1. The molecule has 7 nitrogen and oxygen atoms in total. The van der Waals surface area contributed by atoms with E-state index in [9.17, 15) is 18.0 Å². The molecule has 0 saturated carbocycles. The number of nitrogens with zero attached hydrogens (tertiary/aromatic N) is 2. The van der Waals surface area contributed by atoms with Crippen molar-refractivity contribution in [2.45, 2.75) is 46.7 Å². The summed E-state index contributed by atoms with van der Waals surface area (Å²) in [7, 11) is -3.78. The first kappa shape index (κ1) is 28.9. The van der Waals surface area contributed by atoms with Crippen molar-refractivity contribution in [3.8, 4) is 0 Å². The SMILES string of the molecule is CC[C@H](C(=O)NCC(C)C)N(Cc1ccc(Cl)c(Cl)c1)C(=O)CN(c1ccccc1C)S(C)(=O)=O. The Balaban J connectivity index is 2.46. The molecule has 0 fully saturated rings. The largest absolute Gasteiger partial charge is 0.354 e. The molecule has 0 saturated heterocycles. The van der Waals surface area contributed by atoms with Gasteiger partial charge < -0.3 is 10.2 Å². The average Bonchev–Trinajstić information content (AvgIpc) is 2.78. The fourth-order valence-electron chi connectivity index (χ4n) is 3.61. The highest BCUT2D eigenvalue weighted by Crippen LogP contribution is 2.25. The molecule has 2 aromatic carbocycles. The fourth-order valence-corrected chi connectivity index (χ4v) is 4.84. The highest BCUT2D eigenvalue weighted by atomic mass is 35.5. The van der Waals surface area contributed by atoms with Crippen LogP contribution >= 0.6 is 23.2 Å². The number of carbonyl (C=O) groups excluding carboxylic acids is 2. The maximum atomic E-state index is 13.7. The van der Waals surface area contributed by atoms with E-state index in [-0.39, 0.29) is 18.4 Å². The van der Waals surface area contributed by atoms with Gasteiger partial charge in [0.1, 0.15) is 12.6 Å². The summed E-state index contributed by atoms with van der Waals surface area (Å²) in [5.41, 5.74) is 1.79. The molecule has 2 rings (SSSR count). The normalized spacial score (nSPS) is 12.3. The summed E-state index contributed by atoms with van der Waals surface area (Å²) in [6, 6.07) is 11.1. The third kappa shape index (κ3) is 8.12. The number of rotatable bonds is 11. The smallest absolute Gasteiger partial charge is 0.244 e. The number of para-hydroxylation sites is 1. The fraction of sp³-hybridized carbons (Fsp3) is 0.440. The topological polar surface area (TPSA) is 86.8 Å². The van der Waals surface area contributed by atoms with Gasteiger partial charge in [-0.25, -0.2) is 8.42 Å². The first-order chi connectivity index (χ1) is 16.3. The molecule has 0 aliphatic rings. The molecule has 0 aliphatic carbocycles. The van der Waals surface area contributed by atoms with Crippen molar-refractivity contribution >= 4 is 50.7 Å². The van der Waals surface area contributed by atoms with Crippen LogP contribution in [0.25, 0.3) is 0 Å². The molecule has 0 bridgehead atoms. The second kappa shape index (κ2) is 12.6. The summed E-state index contributed by atoms with van der Waals surface area (Å²) in [5, 5.41) is 3.59. The standard InChI is InChI=1S/C25H33Cl2N3O4S/c1-6-22(25(32)28-14-17(2)3)29(15-19-11-12-20(26)21(27)13-19)24(31)16-30(35(5,33)34)23-10-8-7-9-18(23)4/h7-13,17,22H,6,14-16H2,1-5H3,(H,28,32)/t22-/m1/s1. The lowest BCUT2D eigenvalue weighted by molar-refractivity contribution is -0.140. The van der Waals surface area contributed by atoms with Gasteiger partial charge in [0.2, 0.25) is 21.8 Å². The number of hydrogen-bond acceptors (Lipinski definition) is 4. The van der Waals surface area contributed by atoms with Crippen molar-refractivity contribution in [3.63, 3.8) is 0 Å². The Morgan fingerprint density at radius 3 is 2.26 bits per heavy atom. The zero-order valence-electron chi connectivity index (χ0n) is 20.7. The van der Waals surface area contributed by atoms with E-state index < -0.39 is 28.5 Å². The minimum absolute atomic E-state index is 0.0642. The summed E-state index contributed by atoms with van der Waals surface area (Å²) < 4.78 is 26.4. The van der Waals surface area contributed by atoms with E-state index in [2.05, 4.69) is 5.32 Å². The molecule has 2 amide bonds. The van der Waals surface area contributed by atoms with Gasteiger partial charge in [0.25, 0.3) is 0 Å². The first-order valence-electron chi connectivity index (χ1n) is 11.4. The number of anilines is 1. The predicted molar refractivity (Wildman–Crippen MR) is 142 cm³/mol. The number of nitrogens with one attached hydrogen (secondary N) is 1. The molecule has 2 aromatic rings. The Morgan fingerprint density at radius 2 is 1.71 bits per heavy atom. The molecular weight excluding hydrogens is 509 g/mol. The van der Waals surface area contributed by atoms with Crippen molar-refractivity contribution in [1.29, 1.82) is 0 Å². The lowest BCUT2D eigenvalue weighted by Crippen LogP contribution is -2.52. The van der Waals surface area contributed by atoms with Crippen LogP contribution in [0, 0.1) is 12.8 Å². The molecule has 1 atom stereocenters. The number of carbonyl (C=O) groups is 2. The van der Waals surface area contributed by atoms with Gasteiger partial charge in [-0.3, -0.25) is 13.9 Å². The quantitative estimate of drug-likeness (QED) is 0.448. The summed E-state index contributed by atoms with van der Waals surface area (Å²) in [4.78, 5) is 28.1. The van der Waals surface area contributed by atoms with Crippen LogP contribution in [-0.4, -0.2) is 50.5 Å². The second-order valence-electron chi connectivity index (χ2n) is 8.89. The molecule has 0 heterocycles. The van der Waals surface area contributed by atoms with Gasteiger partial charge in [-0.1, -0.05) is 68.2 Å². The Morgan fingerprint density at radius 1 is 1.06 bits per heavy atom. The zero-order chi connectivity index (χ0) is 26.3. The minimum Gasteiger partial charge on any atom is -0.354 e. The van der Waals surface area contributed by atoms with Crippen LogP contribution in [0.4, 0.5) is 5.69 Å². The van der Waals surface area contributed by atoms with Gasteiger partial charge in [-0.15, -0.1) is 0 Å². The van der Waals surface area contributed by atoms with Crippen molar-refractivity contribution in [1.82, 2.24) is 10.2 Å². The predicted octanol–water partition coefficient (Wildman–Crippen LogP) is 4.65. The first-order valence-corrected chi connectivity index (χ1v) is 14.0. The third-order valence-electron chi connectivity index (χ3n) is 5.47. The van der Waals surface area contributed by atoms with E-state index in [0.717, 1.165) is 10.6 Å². The summed E-state index contributed by atoms with van der Waals surface area (Å²) in [6.45, 7) is 7.62. The molecule has 192 valence electrons. The summed E-state index contributed by atoms with van der Waals surface area (Å²) >= 11 is 12.2. The van der Waals surface area contributed by atoms with E-state index in [1.165, 1.54) is 4.90 Å². The van der Waals surface area contributed by atoms with Crippen molar-refractivity contribution in [3.05, 3.63) is 63.6 Å². The Bertz CT molecular complexity index is 1160. The van der Waals surface area contributed by atoms with E-state index in [1.807, 2.05) is 20.8 Å². The van der Waals surface area contributed by atoms with Crippen molar-refractivity contribution < 1.29 is 18.0 Å². The maximum absolute atomic E-state index is 13.7. The number of benzene rings is 2. The average molecular weight is 543 g/mol. The van der Waals surface area contributed by atoms with E-state index in [0.29, 0.717) is 39.8 Å². The minimum atomic E-state index is -3.78. The van der Waals surface area contributed by atoms with Gasteiger partial charge in [0, 0.05) is 13.1 Å². The van der Waals surface area contributed by atoms with Gasteiger partial charge in [-0.2, -0.15) is 0 Å². The van der Waals surface area contributed by atoms with Crippen LogP contribution in [0.5, 0.6) is 0 Å². The van der Waals surface area contributed by atoms with E-state index >= 15 is 0 Å². The highest BCUT2D eigenvalue weighted by Gasteiger charge is 2.32. The van der Waals surface area contributed by atoms with Gasteiger partial charge in [-0.05, 0) is 48.6 Å². The summed E-state index contributed by atoms with van der Waals surface area (Å²) in [5.74, 6) is -0.565. The monoisotopic (exact) mass is 541 g/mol. The van der Waals surface area contributed by atoms with Crippen LogP contribution in [0.3, 0.4) is 0 Å². The van der Waals surface area contributed by atoms with E-state index in [4.69, 9.17) is 23.2 Å². The second-order valence-corrected chi connectivity index (χ2v) is 11.6. The third-order valence-corrected chi connectivity index (χ3v) is 7.34. The van der Waals surface area contributed by atoms with E-state index in [1.54, 1.807) is 49.4 Å². The number of halogens is 2. The molecule has 0 aliphatic heterocycles. The van der Waals surface area contributed by atoms with Gasteiger partial charge in [0.05, 0.1) is 22.0 Å². The highest BCUT2D eigenvalue weighted by molar-refractivity contribution is 7.92. The van der Waals surface area contributed by atoms with Crippen molar-refractivity contribution in [2.24, 2.45) is 5.92 Å². The maximum Gasteiger partial charge on any atom is 0.244 e. The molecule has 0 radical (unpaired) electrons. The van der Waals surface area contributed by atoms with Crippen LogP contribution < -0.4 is 9.62 Å². The molecule has 0 spiro atoms. The van der Waals surface area contributed by atoms with Gasteiger partial charge >= 0.3 is 0 Å². The number of amides is 2. The molecular formula is C25H33Cl2N3O4S. The van der Waals surface area contributed by atoms with Crippen LogP contribution in [0.2, 0.25) is 10.0 Å². The van der Waals surface area contributed by atoms with Crippen molar-refractivity contribution in [2.75, 3.05) is 23.7 Å². The molecule has 1 N–H and O–H groups in total. The van der Waals surface area contributed by atoms with Crippen LogP contribution in [0.1, 0.15) is 38.3 Å². The molecule has 0 aromatic heterocycles. The lowest BCUT2D eigenvalue weighted by atomic mass is 10.1. The molecule has 10 heteroatoms. The number of aryl methyl sites for hydroxylation is 1. The molecule has 0 unspecified atom stereocenters. The Labute approximate surface area is 218 Å². The lowest BCUT2D eigenvalue weighted by Gasteiger charge is -2.33. The summed E-state index contributed by atoms with van der Waals surface area (Å²) in [6.07, 6.45) is 1.41.